The van der Waals surface area contributed by atoms with Crippen LogP contribution in [-0.2, 0) is 4.79 Å². The summed E-state index contributed by atoms with van der Waals surface area (Å²) in [7, 11) is 0. The Morgan fingerprint density at radius 3 is 2.29 bits per heavy atom. The normalized spacial score (nSPS) is 29.5. The van der Waals surface area contributed by atoms with Gasteiger partial charge in [-0.3, -0.25) is 4.79 Å². The van der Waals surface area contributed by atoms with Crippen LogP contribution in [0.15, 0.2) is 0 Å². The lowest BCUT2D eigenvalue weighted by atomic mass is 10.0. The van der Waals surface area contributed by atoms with Crippen molar-refractivity contribution in [3.05, 3.63) is 0 Å². The van der Waals surface area contributed by atoms with Crippen molar-refractivity contribution in [2.24, 2.45) is 22.7 Å². The maximum atomic E-state index is 12.1. The molecular formula is C13H25ClN2O. The molecule has 1 saturated heterocycles. The van der Waals surface area contributed by atoms with Crippen molar-refractivity contribution in [2.75, 3.05) is 19.6 Å². The summed E-state index contributed by atoms with van der Waals surface area (Å²) in [5.41, 5.74) is 0.315. The molecule has 0 aromatic heterocycles. The molecule has 1 saturated carbocycles. The summed E-state index contributed by atoms with van der Waals surface area (Å²) >= 11 is 0. The summed E-state index contributed by atoms with van der Waals surface area (Å²) in [5.74, 6) is 1.07. The van der Waals surface area contributed by atoms with E-state index < -0.39 is 0 Å². The number of halogens is 1. The van der Waals surface area contributed by atoms with Gasteiger partial charge in [-0.05, 0) is 36.3 Å². The first-order valence-electron chi connectivity index (χ1n) is 6.36. The number of carbonyl (C=O) groups is 1. The molecule has 0 aromatic rings. The fraction of sp³-hybridized carbons (Fsp3) is 0.923. The molecule has 0 radical (unpaired) electrons. The van der Waals surface area contributed by atoms with E-state index in [0.717, 1.165) is 19.6 Å². The Balaban J connectivity index is 0.00000144. The second-order valence-corrected chi connectivity index (χ2v) is 6.48. The van der Waals surface area contributed by atoms with E-state index in [1.807, 2.05) is 0 Å². The van der Waals surface area contributed by atoms with Gasteiger partial charge in [0, 0.05) is 12.5 Å². The van der Waals surface area contributed by atoms with Gasteiger partial charge in [-0.15, -0.1) is 12.4 Å². The molecule has 100 valence electrons. The summed E-state index contributed by atoms with van der Waals surface area (Å²) in [6.07, 6.45) is 1.19. The SMILES string of the molecule is CC1(C)C(C(=O)NCC2CCNC2)C1(C)C.Cl. The Kier molecular flexibility index (Phi) is 4.15. The zero-order valence-corrected chi connectivity index (χ0v) is 12.1. The molecule has 0 aromatic carbocycles. The van der Waals surface area contributed by atoms with Gasteiger partial charge in [0.05, 0.1) is 0 Å². The van der Waals surface area contributed by atoms with Crippen LogP contribution in [0.3, 0.4) is 0 Å². The van der Waals surface area contributed by atoms with Crippen LogP contribution in [0.4, 0.5) is 0 Å². The van der Waals surface area contributed by atoms with Gasteiger partial charge in [-0.1, -0.05) is 27.7 Å². The minimum absolute atomic E-state index is 0. The number of rotatable bonds is 3. The van der Waals surface area contributed by atoms with E-state index in [0.29, 0.717) is 5.92 Å². The van der Waals surface area contributed by atoms with E-state index in [1.165, 1.54) is 6.42 Å². The largest absolute Gasteiger partial charge is 0.355 e. The summed E-state index contributed by atoms with van der Waals surface area (Å²) in [6, 6.07) is 0. The van der Waals surface area contributed by atoms with Gasteiger partial charge in [0.2, 0.25) is 5.91 Å². The Hall–Kier alpha value is -0.280. The highest BCUT2D eigenvalue weighted by molar-refractivity contribution is 5.85. The molecular weight excluding hydrogens is 236 g/mol. The van der Waals surface area contributed by atoms with Crippen molar-refractivity contribution in [3.8, 4) is 0 Å². The maximum Gasteiger partial charge on any atom is 0.224 e. The van der Waals surface area contributed by atoms with Gasteiger partial charge < -0.3 is 10.6 Å². The molecule has 1 aliphatic heterocycles. The smallest absolute Gasteiger partial charge is 0.224 e. The fourth-order valence-electron chi connectivity index (χ4n) is 3.09. The first-order chi connectivity index (χ1) is 7.37. The summed E-state index contributed by atoms with van der Waals surface area (Å²) in [4.78, 5) is 12.1. The van der Waals surface area contributed by atoms with E-state index in [-0.39, 0.29) is 35.1 Å². The van der Waals surface area contributed by atoms with E-state index in [2.05, 4.69) is 38.3 Å². The van der Waals surface area contributed by atoms with Gasteiger partial charge in [0.25, 0.3) is 0 Å². The van der Waals surface area contributed by atoms with Crippen LogP contribution in [0.25, 0.3) is 0 Å². The fourth-order valence-corrected chi connectivity index (χ4v) is 3.09. The zero-order chi connectivity index (χ0) is 12.0. The third-order valence-electron chi connectivity index (χ3n) is 5.01. The Morgan fingerprint density at radius 2 is 1.88 bits per heavy atom. The van der Waals surface area contributed by atoms with Crippen LogP contribution in [-0.4, -0.2) is 25.5 Å². The second-order valence-electron chi connectivity index (χ2n) is 6.48. The Morgan fingerprint density at radius 1 is 1.29 bits per heavy atom. The lowest BCUT2D eigenvalue weighted by Gasteiger charge is -2.10. The molecule has 2 fully saturated rings. The first kappa shape index (κ1) is 14.8. The van der Waals surface area contributed by atoms with E-state index in [1.54, 1.807) is 0 Å². The molecule has 1 atom stereocenters. The second kappa shape index (κ2) is 4.77. The van der Waals surface area contributed by atoms with Gasteiger partial charge in [0.1, 0.15) is 0 Å². The monoisotopic (exact) mass is 260 g/mol. The summed E-state index contributed by atoms with van der Waals surface area (Å²) in [6.45, 7) is 11.7. The van der Waals surface area contributed by atoms with Crippen molar-refractivity contribution in [1.82, 2.24) is 10.6 Å². The number of nitrogens with one attached hydrogen (secondary N) is 2. The zero-order valence-electron chi connectivity index (χ0n) is 11.3. The molecule has 1 heterocycles. The minimum atomic E-state index is 0. The predicted molar refractivity (Wildman–Crippen MR) is 72.3 cm³/mol. The molecule has 1 aliphatic carbocycles. The van der Waals surface area contributed by atoms with Gasteiger partial charge >= 0.3 is 0 Å². The van der Waals surface area contributed by atoms with Crippen molar-refractivity contribution in [3.63, 3.8) is 0 Å². The molecule has 3 nitrogen and oxygen atoms in total. The van der Waals surface area contributed by atoms with Gasteiger partial charge in [0.15, 0.2) is 0 Å². The number of hydrogen-bond acceptors (Lipinski definition) is 2. The molecule has 2 aliphatic rings. The third-order valence-corrected chi connectivity index (χ3v) is 5.01. The highest BCUT2D eigenvalue weighted by Crippen LogP contribution is 2.68. The molecule has 1 unspecified atom stereocenters. The van der Waals surface area contributed by atoms with Gasteiger partial charge in [-0.25, -0.2) is 0 Å². The average Bonchev–Trinajstić information content (AvgIpc) is 2.61. The van der Waals surface area contributed by atoms with Crippen LogP contribution in [0.1, 0.15) is 34.1 Å². The predicted octanol–water partition coefficient (Wildman–Crippen LogP) is 1.82. The molecule has 2 rings (SSSR count). The van der Waals surface area contributed by atoms with Crippen LogP contribution in [0.5, 0.6) is 0 Å². The quantitative estimate of drug-likeness (QED) is 0.813. The molecule has 0 spiro atoms. The Labute approximate surface area is 111 Å². The van der Waals surface area contributed by atoms with Crippen LogP contribution < -0.4 is 10.6 Å². The highest BCUT2D eigenvalue weighted by Gasteiger charge is 2.68. The lowest BCUT2D eigenvalue weighted by molar-refractivity contribution is -0.123. The van der Waals surface area contributed by atoms with E-state index in [4.69, 9.17) is 0 Å². The molecule has 17 heavy (non-hydrogen) atoms. The lowest BCUT2D eigenvalue weighted by Crippen LogP contribution is -2.32. The Bertz CT molecular complexity index is 282. The summed E-state index contributed by atoms with van der Waals surface area (Å²) in [5, 5.41) is 6.44. The van der Waals surface area contributed by atoms with Crippen molar-refractivity contribution in [1.29, 1.82) is 0 Å². The number of carbonyl (C=O) groups excluding carboxylic acids is 1. The van der Waals surface area contributed by atoms with Crippen LogP contribution in [0.2, 0.25) is 0 Å². The first-order valence-corrected chi connectivity index (χ1v) is 6.36. The molecule has 1 amide bonds. The van der Waals surface area contributed by atoms with E-state index >= 15 is 0 Å². The van der Waals surface area contributed by atoms with Crippen LogP contribution in [0, 0.1) is 22.7 Å². The van der Waals surface area contributed by atoms with E-state index in [9.17, 15) is 4.79 Å². The molecule has 4 heteroatoms. The highest BCUT2D eigenvalue weighted by atomic mass is 35.5. The minimum Gasteiger partial charge on any atom is -0.355 e. The number of hydrogen-bond donors (Lipinski definition) is 2. The number of amides is 1. The van der Waals surface area contributed by atoms with Gasteiger partial charge in [-0.2, -0.15) is 0 Å². The van der Waals surface area contributed by atoms with Crippen molar-refractivity contribution in [2.45, 2.75) is 34.1 Å². The standard InChI is InChI=1S/C13H24N2O.ClH/c1-12(2)10(13(12,3)4)11(16)15-8-9-5-6-14-7-9;/h9-10,14H,5-8H2,1-4H3,(H,15,16);1H. The third kappa shape index (κ3) is 2.45. The summed E-state index contributed by atoms with van der Waals surface area (Å²) < 4.78 is 0. The topological polar surface area (TPSA) is 41.1 Å². The van der Waals surface area contributed by atoms with Crippen LogP contribution >= 0.6 is 12.4 Å². The van der Waals surface area contributed by atoms with Crippen molar-refractivity contribution >= 4 is 18.3 Å². The maximum absolute atomic E-state index is 12.1. The van der Waals surface area contributed by atoms with Crippen molar-refractivity contribution < 1.29 is 4.79 Å². The average molecular weight is 261 g/mol. The molecule has 2 N–H and O–H groups in total. The molecule has 0 bridgehead atoms.